The SMILES string of the molecule is COCCCNc1nc(C)cn1CC(C)(C)OC. The molecule has 0 aliphatic rings. The third kappa shape index (κ3) is 4.66. The van der Waals surface area contributed by atoms with Gasteiger partial charge in [-0.1, -0.05) is 0 Å². The molecule has 104 valence electrons. The van der Waals surface area contributed by atoms with Crippen molar-refractivity contribution < 1.29 is 9.47 Å². The molecule has 5 nitrogen and oxygen atoms in total. The van der Waals surface area contributed by atoms with Crippen LogP contribution in [-0.2, 0) is 16.0 Å². The third-order valence-corrected chi connectivity index (χ3v) is 2.81. The molecule has 0 aromatic carbocycles. The summed E-state index contributed by atoms with van der Waals surface area (Å²) in [5, 5.41) is 3.33. The minimum Gasteiger partial charge on any atom is -0.385 e. The monoisotopic (exact) mass is 255 g/mol. The van der Waals surface area contributed by atoms with E-state index in [-0.39, 0.29) is 5.60 Å². The molecule has 0 saturated carbocycles. The van der Waals surface area contributed by atoms with Crippen molar-refractivity contribution in [1.82, 2.24) is 9.55 Å². The highest BCUT2D eigenvalue weighted by atomic mass is 16.5. The average Bonchev–Trinajstić information content (AvgIpc) is 2.64. The minimum atomic E-state index is -0.198. The Balaban J connectivity index is 2.61. The van der Waals surface area contributed by atoms with Gasteiger partial charge in [-0.3, -0.25) is 0 Å². The Morgan fingerprint density at radius 2 is 2.11 bits per heavy atom. The van der Waals surface area contributed by atoms with Gasteiger partial charge in [-0.25, -0.2) is 4.98 Å². The van der Waals surface area contributed by atoms with Gasteiger partial charge in [0.1, 0.15) is 0 Å². The smallest absolute Gasteiger partial charge is 0.203 e. The molecular weight excluding hydrogens is 230 g/mol. The second kappa shape index (κ2) is 6.75. The van der Waals surface area contributed by atoms with Gasteiger partial charge in [0.2, 0.25) is 5.95 Å². The molecule has 1 N–H and O–H groups in total. The van der Waals surface area contributed by atoms with E-state index in [4.69, 9.17) is 9.47 Å². The number of hydrogen-bond acceptors (Lipinski definition) is 4. The standard InChI is InChI=1S/C13H25N3O2/c1-11-9-16(10-13(2,3)18-5)12(15-11)14-7-6-8-17-4/h9H,6-8,10H2,1-5H3,(H,14,15). The maximum atomic E-state index is 5.45. The number of rotatable bonds is 8. The summed E-state index contributed by atoms with van der Waals surface area (Å²) in [6.07, 6.45) is 3.01. The zero-order valence-electron chi connectivity index (χ0n) is 12.1. The fraction of sp³-hybridized carbons (Fsp3) is 0.769. The zero-order valence-corrected chi connectivity index (χ0v) is 12.1. The molecule has 0 bridgehead atoms. The summed E-state index contributed by atoms with van der Waals surface area (Å²) in [6.45, 7) is 8.52. The molecule has 0 aliphatic carbocycles. The normalized spacial score (nSPS) is 11.8. The van der Waals surface area contributed by atoms with Gasteiger partial charge in [0.15, 0.2) is 0 Å². The van der Waals surface area contributed by atoms with Crippen molar-refractivity contribution in [1.29, 1.82) is 0 Å². The van der Waals surface area contributed by atoms with Crippen LogP contribution in [0.2, 0.25) is 0 Å². The van der Waals surface area contributed by atoms with E-state index >= 15 is 0 Å². The molecule has 5 heteroatoms. The summed E-state index contributed by atoms with van der Waals surface area (Å²) in [5.41, 5.74) is 0.812. The molecule has 0 saturated heterocycles. The van der Waals surface area contributed by atoms with Gasteiger partial charge in [0, 0.05) is 33.6 Å². The van der Waals surface area contributed by atoms with Crippen LogP contribution < -0.4 is 5.32 Å². The zero-order chi connectivity index (χ0) is 13.6. The summed E-state index contributed by atoms with van der Waals surface area (Å²) >= 11 is 0. The summed E-state index contributed by atoms with van der Waals surface area (Å²) in [4.78, 5) is 4.48. The van der Waals surface area contributed by atoms with Crippen LogP contribution in [-0.4, -0.2) is 42.5 Å². The number of anilines is 1. The Labute approximate surface area is 109 Å². The van der Waals surface area contributed by atoms with Crippen molar-refractivity contribution in [2.24, 2.45) is 0 Å². The molecule has 0 spiro atoms. The predicted molar refractivity (Wildman–Crippen MR) is 73.0 cm³/mol. The maximum absolute atomic E-state index is 5.45. The van der Waals surface area contributed by atoms with Crippen molar-refractivity contribution >= 4 is 5.95 Å². The third-order valence-electron chi connectivity index (χ3n) is 2.81. The van der Waals surface area contributed by atoms with Crippen LogP contribution >= 0.6 is 0 Å². The molecule has 0 amide bonds. The number of hydrogen-bond donors (Lipinski definition) is 1. The number of ether oxygens (including phenoxy) is 2. The molecule has 1 heterocycles. The van der Waals surface area contributed by atoms with Crippen LogP contribution in [0.5, 0.6) is 0 Å². The van der Waals surface area contributed by atoms with Gasteiger partial charge in [-0.15, -0.1) is 0 Å². The number of aryl methyl sites for hydroxylation is 1. The molecule has 0 radical (unpaired) electrons. The Hall–Kier alpha value is -1.07. The van der Waals surface area contributed by atoms with Crippen LogP contribution in [0.25, 0.3) is 0 Å². The highest BCUT2D eigenvalue weighted by molar-refractivity contribution is 5.28. The largest absolute Gasteiger partial charge is 0.385 e. The van der Waals surface area contributed by atoms with Crippen molar-refractivity contribution in [2.45, 2.75) is 39.3 Å². The Bertz CT molecular complexity index is 361. The minimum absolute atomic E-state index is 0.198. The summed E-state index contributed by atoms with van der Waals surface area (Å²) in [7, 11) is 3.45. The van der Waals surface area contributed by atoms with Crippen molar-refractivity contribution in [2.75, 3.05) is 32.7 Å². The van der Waals surface area contributed by atoms with E-state index in [1.54, 1.807) is 14.2 Å². The lowest BCUT2D eigenvalue weighted by Gasteiger charge is -2.24. The highest BCUT2D eigenvalue weighted by Gasteiger charge is 2.19. The van der Waals surface area contributed by atoms with Crippen molar-refractivity contribution in [3.05, 3.63) is 11.9 Å². The van der Waals surface area contributed by atoms with E-state index in [0.717, 1.165) is 37.8 Å². The number of nitrogens with one attached hydrogen (secondary N) is 1. The van der Waals surface area contributed by atoms with Crippen LogP contribution in [0, 0.1) is 6.92 Å². The van der Waals surface area contributed by atoms with Gasteiger partial charge < -0.3 is 19.4 Å². The first-order chi connectivity index (χ1) is 8.48. The van der Waals surface area contributed by atoms with E-state index in [9.17, 15) is 0 Å². The fourth-order valence-corrected chi connectivity index (χ4v) is 1.70. The highest BCUT2D eigenvalue weighted by Crippen LogP contribution is 2.16. The number of imidazole rings is 1. The average molecular weight is 255 g/mol. The van der Waals surface area contributed by atoms with Gasteiger partial charge in [0.05, 0.1) is 17.8 Å². The van der Waals surface area contributed by atoms with Crippen molar-refractivity contribution in [3.63, 3.8) is 0 Å². The van der Waals surface area contributed by atoms with Gasteiger partial charge in [-0.2, -0.15) is 0 Å². The second-order valence-corrected chi connectivity index (χ2v) is 5.07. The molecule has 0 aliphatic heterocycles. The van der Waals surface area contributed by atoms with Crippen LogP contribution in [0.15, 0.2) is 6.20 Å². The van der Waals surface area contributed by atoms with E-state index in [1.165, 1.54) is 0 Å². The quantitative estimate of drug-likeness (QED) is 0.722. The number of methoxy groups -OCH3 is 2. The van der Waals surface area contributed by atoms with Crippen molar-refractivity contribution in [3.8, 4) is 0 Å². The molecule has 0 unspecified atom stereocenters. The molecule has 1 aromatic rings. The Morgan fingerprint density at radius 3 is 2.72 bits per heavy atom. The van der Waals surface area contributed by atoms with E-state index in [0.29, 0.717) is 0 Å². The first-order valence-corrected chi connectivity index (χ1v) is 6.30. The summed E-state index contributed by atoms with van der Waals surface area (Å²) < 4.78 is 12.6. The van der Waals surface area contributed by atoms with Crippen LogP contribution in [0.1, 0.15) is 26.0 Å². The van der Waals surface area contributed by atoms with Crippen LogP contribution in [0.3, 0.4) is 0 Å². The summed E-state index contributed by atoms with van der Waals surface area (Å²) in [6, 6.07) is 0. The first-order valence-electron chi connectivity index (χ1n) is 6.30. The fourth-order valence-electron chi connectivity index (χ4n) is 1.70. The lowest BCUT2D eigenvalue weighted by atomic mass is 10.1. The van der Waals surface area contributed by atoms with Gasteiger partial charge in [0.25, 0.3) is 0 Å². The van der Waals surface area contributed by atoms with Crippen LogP contribution in [0.4, 0.5) is 5.95 Å². The predicted octanol–water partition coefficient (Wildman–Crippen LogP) is 2.06. The second-order valence-electron chi connectivity index (χ2n) is 5.07. The molecule has 1 aromatic heterocycles. The van der Waals surface area contributed by atoms with E-state index in [1.807, 2.05) is 13.1 Å². The molecule has 1 rings (SSSR count). The Morgan fingerprint density at radius 1 is 1.39 bits per heavy atom. The molecule has 0 atom stereocenters. The van der Waals surface area contributed by atoms with E-state index < -0.39 is 0 Å². The lowest BCUT2D eigenvalue weighted by Crippen LogP contribution is -2.29. The van der Waals surface area contributed by atoms with E-state index in [2.05, 4.69) is 28.7 Å². The number of nitrogens with zero attached hydrogens (tertiary/aromatic N) is 2. The lowest BCUT2D eigenvalue weighted by molar-refractivity contribution is 0.00856. The number of aromatic nitrogens is 2. The van der Waals surface area contributed by atoms with Gasteiger partial charge >= 0.3 is 0 Å². The molecule has 0 fully saturated rings. The maximum Gasteiger partial charge on any atom is 0.203 e. The molecule has 18 heavy (non-hydrogen) atoms. The topological polar surface area (TPSA) is 48.3 Å². The van der Waals surface area contributed by atoms with Gasteiger partial charge in [-0.05, 0) is 27.2 Å². The molecular formula is C13H25N3O2. The Kier molecular flexibility index (Phi) is 5.62. The first kappa shape index (κ1) is 15.0. The summed E-state index contributed by atoms with van der Waals surface area (Å²) in [5.74, 6) is 0.897.